The molecule has 9 rings (SSSR count). The second-order valence-corrected chi connectivity index (χ2v) is 21.0. The number of fused-ring (bicyclic) bond motifs is 5. The van der Waals surface area contributed by atoms with Crippen LogP contribution in [0.15, 0.2) is 121 Å². The molecule has 1 aliphatic heterocycles. The van der Waals surface area contributed by atoms with Gasteiger partial charge in [0.25, 0.3) is 0 Å². The minimum absolute atomic E-state index is 0.0645. The van der Waals surface area contributed by atoms with Crippen LogP contribution in [0.3, 0.4) is 0 Å². The van der Waals surface area contributed by atoms with Gasteiger partial charge >= 0.3 is 5.97 Å². The molecule has 340 valence electrons. The molecule has 0 bridgehead atoms. The lowest BCUT2D eigenvalue weighted by Gasteiger charge is -2.66. The molecule has 10 unspecified atom stereocenters. The number of carbonyl (C=O) groups is 2. The predicted molar refractivity (Wildman–Crippen MR) is 248 cm³/mol. The molecule has 0 spiro atoms. The van der Waals surface area contributed by atoms with Crippen molar-refractivity contribution in [3.8, 4) is 0 Å². The van der Waals surface area contributed by atoms with Gasteiger partial charge in [-0.25, -0.2) is 0 Å². The Labute approximate surface area is 382 Å². The van der Waals surface area contributed by atoms with Crippen molar-refractivity contribution in [1.29, 1.82) is 0 Å². The Balaban J connectivity index is 1.12. The predicted octanol–water partition coefficient (Wildman–Crippen LogP) is 11.6. The number of carbonyl (C=O) groups excluding carboxylic acids is 2. The highest BCUT2D eigenvalue weighted by atomic mass is 16.6. The summed E-state index contributed by atoms with van der Waals surface area (Å²) in [5.74, 6) is 0.938. The van der Waals surface area contributed by atoms with Gasteiger partial charge in [0, 0.05) is 30.6 Å². The number of hydrogen-bond acceptors (Lipinski definition) is 7. The average Bonchev–Trinajstić information content (AvgIpc) is 3.59. The molecule has 4 aliphatic carbocycles. The molecular formula is C57H70O7. The first-order valence-corrected chi connectivity index (χ1v) is 24.4. The van der Waals surface area contributed by atoms with Gasteiger partial charge in [0.05, 0.1) is 50.8 Å². The third-order valence-corrected chi connectivity index (χ3v) is 17.1. The van der Waals surface area contributed by atoms with E-state index in [0.717, 1.165) is 54.4 Å². The zero-order chi connectivity index (χ0) is 44.4. The van der Waals surface area contributed by atoms with Crippen molar-refractivity contribution in [1.82, 2.24) is 0 Å². The molecule has 1 heterocycles. The summed E-state index contributed by atoms with van der Waals surface area (Å²) >= 11 is 0. The van der Waals surface area contributed by atoms with E-state index in [1.54, 1.807) is 0 Å². The van der Waals surface area contributed by atoms with Crippen LogP contribution in [0.2, 0.25) is 0 Å². The van der Waals surface area contributed by atoms with Gasteiger partial charge in [-0.1, -0.05) is 156 Å². The summed E-state index contributed by atoms with van der Waals surface area (Å²) in [6, 6.07) is 41.8. The molecule has 0 radical (unpaired) electrons. The van der Waals surface area contributed by atoms with Gasteiger partial charge in [-0.3, -0.25) is 9.59 Å². The summed E-state index contributed by atoms with van der Waals surface area (Å²) in [6.07, 6.45) is 4.14. The summed E-state index contributed by atoms with van der Waals surface area (Å²) in [4.78, 5) is 28.3. The van der Waals surface area contributed by atoms with Crippen molar-refractivity contribution in [2.24, 2.45) is 58.2 Å². The lowest BCUT2D eigenvalue weighted by atomic mass is 9.42. The molecule has 4 saturated carbocycles. The molecule has 7 heteroatoms. The molecule has 14 atom stereocenters. The quantitative estimate of drug-likeness (QED) is 0.110. The molecule has 0 aromatic heterocycles. The average molecular weight is 867 g/mol. The number of rotatable bonds is 15. The molecule has 1 saturated heterocycles. The Morgan fingerprint density at radius 1 is 0.594 bits per heavy atom. The minimum atomic E-state index is -0.392. The van der Waals surface area contributed by atoms with Crippen LogP contribution in [0, 0.1) is 58.2 Å². The second-order valence-electron chi connectivity index (χ2n) is 21.0. The molecule has 5 fully saturated rings. The van der Waals surface area contributed by atoms with E-state index >= 15 is 4.79 Å². The highest BCUT2D eigenvalue weighted by Crippen LogP contribution is 2.69. The zero-order valence-corrected chi connectivity index (χ0v) is 38.7. The topological polar surface area (TPSA) is 80.3 Å². The van der Waals surface area contributed by atoms with Crippen LogP contribution in [0.5, 0.6) is 0 Å². The highest BCUT2D eigenvalue weighted by Gasteiger charge is 2.70. The number of Topliss-reactive ketones (excluding diaryl/α,β-unsaturated/α-hetero) is 1. The van der Waals surface area contributed by atoms with Crippen molar-refractivity contribution >= 4 is 11.8 Å². The van der Waals surface area contributed by atoms with E-state index < -0.39 is 6.10 Å². The fraction of sp³-hybridized carbons (Fsp3) is 0.544. The largest absolute Gasteiger partial charge is 0.462 e. The van der Waals surface area contributed by atoms with Gasteiger partial charge in [0.1, 0.15) is 11.9 Å². The van der Waals surface area contributed by atoms with Crippen molar-refractivity contribution in [2.75, 3.05) is 0 Å². The Morgan fingerprint density at radius 3 is 1.61 bits per heavy atom. The van der Waals surface area contributed by atoms with E-state index in [2.05, 4.69) is 132 Å². The molecule has 64 heavy (non-hydrogen) atoms. The molecular weight excluding hydrogens is 797 g/mol. The lowest BCUT2D eigenvalue weighted by Crippen LogP contribution is -2.69. The van der Waals surface area contributed by atoms with Gasteiger partial charge in [0.2, 0.25) is 0 Å². The Kier molecular flexibility index (Phi) is 13.6. The maximum absolute atomic E-state index is 15.2. The van der Waals surface area contributed by atoms with E-state index in [0.29, 0.717) is 56.9 Å². The molecule has 0 amide bonds. The summed E-state index contributed by atoms with van der Waals surface area (Å²) < 4.78 is 35.4. The van der Waals surface area contributed by atoms with Gasteiger partial charge in [-0.05, 0) is 94.8 Å². The Hall–Kier alpha value is -4.14. The van der Waals surface area contributed by atoms with E-state index in [1.807, 2.05) is 24.3 Å². The fourth-order valence-corrected chi connectivity index (χ4v) is 13.7. The molecule has 0 N–H and O–H groups in total. The molecule has 7 nitrogen and oxygen atoms in total. The number of esters is 1. The van der Waals surface area contributed by atoms with Crippen molar-refractivity contribution in [3.05, 3.63) is 144 Å². The van der Waals surface area contributed by atoms with Crippen molar-refractivity contribution in [2.45, 2.75) is 137 Å². The van der Waals surface area contributed by atoms with Gasteiger partial charge in [0.15, 0.2) is 0 Å². The van der Waals surface area contributed by atoms with Crippen LogP contribution in [-0.2, 0) is 59.7 Å². The number of hydrogen-bond donors (Lipinski definition) is 0. The number of cyclic esters (lactones) is 1. The van der Waals surface area contributed by atoms with Crippen molar-refractivity contribution in [3.63, 3.8) is 0 Å². The normalized spacial score (nSPS) is 35.2. The Morgan fingerprint density at radius 2 is 1.08 bits per heavy atom. The highest BCUT2D eigenvalue weighted by molar-refractivity contribution is 5.85. The van der Waals surface area contributed by atoms with Crippen LogP contribution in [0.25, 0.3) is 0 Å². The van der Waals surface area contributed by atoms with Crippen LogP contribution >= 0.6 is 0 Å². The maximum atomic E-state index is 15.2. The van der Waals surface area contributed by atoms with E-state index in [4.69, 9.17) is 23.7 Å². The Bertz CT molecular complexity index is 2150. The summed E-state index contributed by atoms with van der Waals surface area (Å²) in [5, 5.41) is 0. The number of ketones is 1. The smallest absolute Gasteiger partial charge is 0.306 e. The first kappa shape index (κ1) is 45.0. The van der Waals surface area contributed by atoms with E-state index in [-0.39, 0.29) is 76.7 Å². The van der Waals surface area contributed by atoms with Gasteiger partial charge in [-0.2, -0.15) is 0 Å². The van der Waals surface area contributed by atoms with Gasteiger partial charge < -0.3 is 23.7 Å². The standard InChI is InChI=1S/C57H70O7/c1-37(2)43-30-48(64-49(59)31-43)38(3)45-32-46(58)51-50-44(26-28-57(45,51)5)56(4)29-27-47(60-33-39-18-10-6-11-19-39)53(61-34-40-20-12-7-13-21-40)52(56)55(63-36-42-24-16-9-17-25-42)54(50)62-35-41-22-14-8-15-23-41/h6-25,37-38,43-45,47-48,50-55H,26-36H2,1-5H3/t38?,43?,44?,45?,47-,48?,50?,51?,52?,53?,54?,55-,56-,57-/m1/s1. The third-order valence-electron chi connectivity index (χ3n) is 17.1. The molecule has 5 aliphatic rings. The second kappa shape index (κ2) is 19.4. The minimum Gasteiger partial charge on any atom is -0.462 e. The molecule has 4 aromatic carbocycles. The molecule has 4 aromatic rings. The van der Waals surface area contributed by atoms with E-state index in [9.17, 15) is 4.79 Å². The van der Waals surface area contributed by atoms with E-state index in [1.165, 1.54) is 0 Å². The SMILES string of the molecule is CC(C)C1CC(=O)OC(C(C)C2CC(=O)C3C4C(OCc5ccccc5)[C@H](OCc5ccccc5)C5C(OCc6ccccc6)[C@H](OCc6ccccc6)CC[C@]5(C)C4CC[C@]23C)C1. The van der Waals surface area contributed by atoms with Crippen LogP contribution in [0.4, 0.5) is 0 Å². The van der Waals surface area contributed by atoms with Gasteiger partial charge in [-0.15, -0.1) is 0 Å². The fourth-order valence-electron chi connectivity index (χ4n) is 13.7. The van der Waals surface area contributed by atoms with Crippen LogP contribution in [-0.4, -0.2) is 42.3 Å². The third kappa shape index (κ3) is 9.04. The first-order chi connectivity index (χ1) is 31.0. The first-order valence-electron chi connectivity index (χ1n) is 24.4. The maximum Gasteiger partial charge on any atom is 0.306 e. The van der Waals surface area contributed by atoms with Crippen LogP contribution in [0.1, 0.15) is 102 Å². The number of ether oxygens (including phenoxy) is 5. The summed E-state index contributed by atoms with van der Waals surface area (Å²) in [5.41, 5.74) is 3.94. The summed E-state index contributed by atoms with van der Waals surface area (Å²) in [7, 11) is 0. The van der Waals surface area contributed by atoms with Crippen LogP contribution < -0.4 is 0 Å². The zero-order valence-electron chi connectivity index (χ0n) is 38.7. The lowest BCUT2D eigenvalue weighted by molar-refractivity contribution is -0.285. The van der Waals surface area contributed by atoms with Crippen molar-refractivity contribution < 1.29 is 33.3 Å². The monoisotopic (exact) mass is 867 g/mol. The number of benzene rings is 4. The summed E-state index contributed by atoms with van der Waals surface area (Å²) in [6.45, 7) is 13.4.